The van der Waals surface area contributed by atoms with E-state index in [9.17, 15) is 13.2 Å². The average molecular weight is 380 g/mol. The van der Waals surface area contributed by atoms with E-state index < -0.39 is 15.3 Å². The van der Waals surface area contributed by atoms with Gasteiger partial charge < -0.3 is 4.90 Å². The molecule has 1 heterocycles. The molecule has 5 nitrogen and oxygen atoms in total. The molecule has 18 heavy (non-hydrogen) atoms. The lowest BCUT2D eigenvalue weighted by atomic mass is 10.2. The number of hydrogen-bond donors (Lipinski definition) is 1. The summed E-state index contributed by atoms with van der Waals surface area (Å²) in [4.78, 5) is 13.4. The van der Waals surface area contributed by atoms with Crippen LogP contribution in [0, 0.1) is 10.5 Å². The standard InChI is InChI=1S/C11H13IN2O3S/c1-7-2-3-9(12)10(4-7)14-6-8(5-11(14)15)18(13,16)17/h2-4,8H,5-6H2,1H3,(H2,13,16,17). The zero-order chi connectivity index (χ0) is 13.5. The van der Waals surface area contributed by atoms with E-state index in [1.165, 1.54) is 4.90 Å². The number of nitrogens with two attached hydrogens (primary N) is 1. The van der Waals surface area contributed by atoms with Crippen LogP contribution in [0.5, 0.6) is 0 Å². The molecule has 1 atom stereocenters. The number of aryl methyl sites for hydroxylation is 1. The third kappa shape index (κ3) is 2.67. The number of primary sulfonamides is 1. The van der Waals surface area contributed by atoms with Crippen LogP contribution >= 0.6 is 22.6 Å². The number of halogens is 1. The van der Waals surface area contributed by atoms with E-state index in [4.69, 9.17) is 5.14 Å². The summed E-state index contributed by atoms with van der Waals surface area (Å²) in [5.74, 6) is -0.197. The number of sulfonamides is 1. The Kier molecular flexibility index (Phi) is 3.65. The summed E-state index contributed by atoms with van der Waals surface area (Å²) in [6.45, 7) is 2.06. The van der Waals surface area contributed by atoms with Gasteiger partial charge in [-0.05, 0) is 47.2 Å². The lowest BCUT2D eigenvalue weighted by Gasteiger charge is -2.18. The molecule has 0 spiro atoms. The molecule has 7 heteroatoms. The highest BCUT2D eigenvalue weighted by molar-refractivity contribution is 14.1. The summed E-state index contributed by atoms with van der Waals surface area (Å²) in [6.07, 6.45) is -0.0388. The largest absolute Gasteiger partial charge is 0.310 e. The van der Waals surface area contributed by atoms with Crippen molar-refractivity contribution < 1.29 is 13.2 Å². The van der Waals surface area contributed by atoms with Gasteiger partial charge in [-0.25, -0.2) is 13.6 Å². The molecule has 1 unspecified atom stereocenters. The van der Waals surface area contributed by atoms with Crippen molar-refractivity contribution in [2.75, 3.05) is 11.4 Å². The monoisotopic (exact) mass is 380 g/mol. The number of rotatable bonds is 2. The van der Waals surface area contributed by atoms with Gasteiger partial charge in [-0.2, -0.15) is 0 Å². The van der Waals surface area contributed by atoms with Gasteiger partial charge in [-0.15, -0.1) is 0 Å². The van der Waals surface area contributed by atoms with E-state index in [0.717, 1.165) is 14.8 Å². The van der Waals surface area contributed by atoms with Crippen molar-refractivity contribution in [2.45, 2.75) is 18.6 Å². The fourth-order valence-corrected chi connectivity index (χ4v) is 3.32. The minimum atomic E-state index is -3.66. The fourth-order valence-electron chi connectivity index (χ4n) is 1.96. The highest BCUT2D eigenvalue weighted by atomic mass is 127. The first kappa shape index (κ1) is 13.8. The van der Waals surface area contributed by atoms with Gasteiger partial charge in [0.25, 0.3) is 0 Å². The molecule has 1 aliphatic rings. The first-order chi connectivity index (χ1) is 8.29. The van der Waals surface area contributed by atoms with Crippen molar-refractivity contribution in [1.82, 2.24) is 0 Å². The molecule has 2 rings (SSSR count). The third-order valence-electron chi connectivity index (χ3n) is 2.95. The molecule has 0 bridgehead atoms. The Labute approximate surface area is 120 Å². The fraction of sp³-hybridized carbons (Fsp3) is 0.364. The molecule has 98 valence electrons. The van der Waals surface area contributed by atoms with Crippen LogP contribution in [0.25, 0.3) is 0 Å². The zero-order valence-corrected chi connectivity index (χ0v) is 12.7. The second kappa shape index (κ2) is 4.78. The SMILES string of the molecule is Cc1ccc(I)c(N2CC(S(N)(=O)=O)CC2=O)c1. The molecule has 0 radical (unpaired) electrons. The van der Waals surface area contributed by atoms with Crippen LogP contribution in [-0.4, -0.2) is 26.1 Å². The van der Waals surface area contributed by atoms with E-state index >= 15 is 0 Å². The van der Waals surface area contributed by atoms with Gasteiger partial charge in [0.1, 0.15) is 5.25 Å². The van der Waals surface area contributed by atoms with Crippen LogP contribution in [-0.2, 0) is 14.8 Å². The van der Waals surface area contributed by atoms with Gasteiger partial charge in [0.2, 0.25) is 15.9 Å². The molecular formula is C11H13IN2O3S. The molecule has 1 aromatic carbocycles. The van der Waals surface area contributed by atoms with Crippen molar-refractivity contribution >= 4 is 44.2 Å². The maximum atomic E-state index is 11.9. The van der Waals surface area contributed by atoms with Crippen LogP contribution < -0.4 is 10.0 Å². The number of anilines is 1. The maximum Gasteiger partial charge on any atom is 0.228 e. The predicted molar refractivity (Wildman–Crippen MR) is 77.8 cm³/mol. The van der Waals surface area contributed by atoms with Crippen molar-refractivity contribution in [3.63, 3.8) is 0 Å². The molecule has 1 fully saturated rings. The topological polar surface area (TPSA) is 80.5 Å². The Hall–Kier alpha value is -0.670. The number of amides is 1. The van der Waals surface area contributed by atoms with Crippen molar-refractivity contribution in [1.29, 1.82) is 0 Å². The van der Waals surface area contributed by atoms with E-state index in [-0.39, 0.29) is 18.9 Å². The van der Waals surface area contributed by atoms with Crippen molar-refractivity contribution in [3.05, 3.63) is 27.3 Å². The quantitative estimate of drug-likeness (QED) is 0.778. The van der Waals surface area contributed by atoms with E-state index in [1.54, 1.807) is 0 Å². The summed E-state index contributed by atoms with van der Waals surface area (Å²) in [7, 11) is -3.66. The number of carbonyl (C=O) groups is 1. The molecule has 1 amide bonds. The number of benzene rings is 1. The Bertz CT molecular complexity index is 600. The second-order valence-electron chi connectivity index (χ2n) is 4.37. The van der Waals surface area contributed by atoms with Crippen molar-refractivity contribution in [2.24, 2.45) is 5.14 Å². The van der Waals surface area contributed by atoms with Crippen LogP contribution in [0.15, 0.2) is 18.2 Å². The first-order valence-corrected chi connectivity index (χ1v) is 8.06. The smallest absolute Gasteiger partial charge is 0.228 e. The van der Waals surface area contributed by atoms with Gasteiger partial charge in [-0.3, -0.25) is 4.79 Å². The van der Waals surface area contributed by atoms with E-state index in [0.29, 0.717) is 0 Å². The van der Waals surface area contributed by atoms with Crippen LogP contribution in [0.3, 0.4) is 0 Å². The average Bonchev–Trinajstić information content (AvgIpc) is 2.64. The lowest BCUT2D eigenvalue weighted by molar-refractivity contribution is -0.117. The molecule has 0 saturated carbocycles. The molecule has 1 saturated heterocycles. The number of nitrogens with zero attached hydrogens (tertiary/aromatic N) is 1. The summed E-state index contributed by atoms with van der Waals surface area (Å²) in [6, 6.07) is 5.73. The molecule has 0 aliphatic carbocycles. The molecular weight excluding hydrogens is 367 g/mol. The molecule has 1 aliphatic heterocycles. The van der Waals surface area contributed by atoms with Crippen molar-refractivity contribution in [3.8, 4) is 0 Å². The molecule has 1 aromatic rings. The highest BCUT2D eigenvalue weighted by Gasteiger charge is 2.37. The summed E-state index contributed by atoms with van der Waals surface area (Å²) >= 11 is 2.13. The predicted octanol–water partition coefficient (Wildman–Crippen LogP) is 0.993. The summed E-state index contributed by atoms with van der Waals surface area (Å²) < 4.78 is 23.5. The second-order valence-corrected chi connectivity index (χ2v) is 7.38. The Morgan fingerprint density at radius 2 is 2.11 bits per heavy atom. The third-order valence-corrected chi connectivity index (χ3v) is 5.10. The van der Waals surface area contributed by atoms with Gasteiger partial charge in [0, 0.05) is 16.5 Å². The zero-order valence-electron chi connectivity index (χ0n) is 9.76. The minimum absolute atomic E-state index is 0.0388. The number of carbonyl (C=O) groups excluding carboxylic acids is 1. The van der Waals surface area contributed by atoms with Crippen LogP contribution in [0.2, 0.25) is 0 Å². The lowest BCUT2D eigenvalue weighted by Crippen LogP contribution is -2.32. The van der Waals surface area contributed by atoms with Crippen LogP contribution in [0.4, 0.5) is 5.69 Å². The summed E-state index contributed by atoms with van der Waals surface area (Å²) in [5, 5.41) is 4.30. The Morgan fingerprint density at radius 1 is 1.44 bits per heavy atom. The minimum Gasteiger partial charge on any atom is -0.310 e. The van der Waals surface area contributed by atoms with Gasteiger partial charge in [0.05, 0.1) is 5.69 Å². The normalized spacial score (nSPS) is 20.5. The number of hydrogen-bond acceptors (Lipinski definition) is 3. The van der Waals surface area contributed by atoms with Gasteiger partial charge in [-0.1, -0.05) is 6.07 Å². The van der Waals surface area contributed by atoms with E-state index in [2.05, 4.69) is 22.6 Å². The maximum absolute atomic E-state index is 11.9. The molecule has 2 N–H and O–H groups in total. The van der Waals surface area contributed by atoms with Gasteiger partial charge in [0.15, 0.2) is 0 Å². The summed E-state index contributed by atoms with van der Waals surface area (Å²) in [5.41, 5.74) is 1.78. The van der Waals surface area contributed by atoms with E-state index in [1.807, 2.05) is 25.1 Å². The Balaban J connectivity index is 2.35. The Morgan fingerprint density at radius 3 is 2.67 bits per heavy atom. The van der Waals surface area contributed by atoms with Gasteiger partial charge >= 0.3 is 0 Å². The van der Waals surface area contributed by atoms with Crippen LogP contribution in [0.1, 0.15) is 12.0 Å². The highest BCUT2D eigenvalue weighted by Crippen LogP contribution is 2.29. The molecule has 0 aromatic heterocycles. The first-order valence-electron chi connectivity index (χ1n) is 5.37.